The number of nitrogens with one attached hydrogen (secondary N) is 1. The minimum absolute atomic E-state index is 0.0922. The van der Waals surface area contributed by atoms with E-state index in [9.17, 15) is 4.79 Å². The van der Waals surface area contributed by atoms with Crippen LogP contribution in [0.2, 0.25) is 0 Å². The largest absolute Gasteiger partial charge is 0.384 e. The molecule has 0 aliphatic heterocycles. The molecule has 1 amide bonds. The second-order valence-electron chi connectivity index (χ2n) is 5.18. The Morgan fingerprint density at radius 2 is 2.15 bits per heavy atom. The first-order valence-corrected chi connectivity index (χ1v) is 6.43. The van der Waals surface area contributed by atoms with Crippen LogP contribution in [-0.4, -0.2) is 30.3 Å². The number of methoxy groups -OCH3 is 1. The van der Waals surface area contributed by atoms with Crippen LogP contribution in [-0.2, 0) is 9.53 Å². The minimum Gasteiger partial charge on any atom is -0.384 e. The van der Waals surface area contributed by atoms with E-state index < -0.39 is 5.60 Å². The van der Waals surface area contributed by atoms with Crippen molar-refractivity contribution < 1.29 is 14.6 Å². The third-order valence-electron chi connectivity index (χ3n) is 2.95. The Labute approximate surface area is 120 Å². The van der Waals surface area contributed by atoms with E-state index in [4.69, 9.17) is 9.84 Å². The molecule has 1 aromatic rings. The summed E-state index contributed by atoms with van der Waals surface area (Å²) in [5, 5.41) is 11.5. The number of aryl methyl sites for hydroxylation is 1. The van der Waals surface area contributed by atoms with Gasteiger partial charge in [0.1, 0.15) is 6.61 Å². The summed E-state index contributed by atoms with van der Waals surface area (Å²) in [5.41, 5.74) is 2.05. The molecule has 0 saturated carbocycles. The van der Waals surface area contributed by atoms with Gasteiger partial charge in [-0.2, -0.15) is 0 Å². The summed E-state index contributed by atoms with van der Waals surface area (Å²) in [6.45, 7) is 5.48. The van der Waals surface area contributed by atoms with Crippen molar-refractivity contribution in [2.45, 2.75) is 32.8 Å². The summed E-state index contributed by atoms with van der Waals surface area (Å²) < 4.78 is 5.23. The van der Waals surface area contributed by atoms with Gasteiger partial charge in [0.15, 0.2) is 0 Å². The zero-order chi connectivity index (χ0) is 15.2. The van der Waals surface area contributed by atoms with Crippen molar-refractivity contribution in [1.29, 1.82) is 0 Å². The number of hydrogen-bond donors (Lipinski definition) is 2. The summed E-state index contributed by atoms with van der Waals surface area (Å²) in [4.78, 5) is 11.9. The van der Waals surface area contributed by atoms with Gasteiger partial charge in [-0.05, 0) is 44.5 Å². The molecule has 0 aliphatic carbocycles. The molecule has 0 radical (unpaired) electrons. The Kier molecular flexibility index (Phi) is 5.75. The molecule has 0 bridgehead atoms. The van der Waals surface area contributed by atoms with E-state index in [1.165, 1.54) is 0 Å². The maximum absolute atomic E-state index is 11.9. The van der Waals surface area contributed by atoms with Crippen molar-refractivity contribution in [3.05, 3.63) is 29.3 Å². The summed E-state index contributed by atoms with van der Waals surface area (Å²) in [6.07, 6.45) is 0.286. The van der Waals surface area contributed by atoms with Crippen molar-refractivity contribution in [2.75, 3.05) is 19.0 Å². The first kappa shape index (κ1) is 16.2. The summed E-state index contributed by atoms with van der Waals surface area (Å²) >= 11 is 0. The van der Waals surface area contributed by atoms with E-state index in [1.807, 2.05) is 32.9 Å². The van der Waals surface area contributed by atoms with E-state index in [0.29, 0.717) is 0 Å². The molecule has 0 saturated heterocycles. The summed E-state index contributed by atoms with van der Waals surface area (Å²) in [6, 6.07) is 5.49. The number of aliphatic hydroxyl groups excluding tert-OH is 1. The fraction of sp³-hybridized carbons (Fsp3) is 0.438. The molecule has 0 aromatic heterocycles. The van der Waals surface area contributed by atoms with Crippen molar-refractivity contribution in [3.63, 3.8) is 0 Å². The lowest BCUT2D eigenvalue weighted by atomic mass is 10.0. The van der Waals surface area contributed by atoms with E-state index >= 15 is 0 Å². The maximum Gasteiger partial charge on any atom is 0.227 e. The Hall–Kier alpha value is -1.83. The Morgan fingerprint density at radius 3 is 2.70 bits per heavy atom. The Morgan fingerprint density at radius 1 is 1.45 bits per heavy atom. The lowest BCUT2D eigenvalue weighted by Crippen LogP contribution is -2.29. The third kappa shape index (κ3) is 5.04. The first-order chi connectivity index (χ1) is 9.38. The molecular formula is C16H21NO3. The molecule has 1 rings (SSSR count). The van der Waals surface area contributed by atoms with Gasteiger partial charge in [-0.15, -0.1) is 0 Å². The van der Waals surface area contributed by atoms with Crippen LogP contribution in [0.5, 0.6) is 0 Å². The van der Waals surface area contributed by atoms with Crippen molar-refractivity contribution >= 4 is 11.6 Å². The van der Waals surface area contributed by atoms with E-state index in [0.717, 1.165) is 16.8 Å². The van der Waals surface area contributed by atoms with Crippen molar-refractivity contribution in [3.8, 4) is 11.8 Å². The molecule has 0 aliphatic rings. The second kappa shape index (κ2) is 7.09. The van der Waals surface area contributed by atoms with E-state index in [1.54, 1.807) is 13.2 Å². The normalized spacial score (nSPS) is 10.7. The van der Waals surface area contributed by atoms with Crippen LogP contribution in [0.1, 0.15) is 31.4 Å². The zero-order valence-electron chi connectivity index (χ0n) is 12.4. The van der Waals surface area contributed by atoms with Gasteiger partial charge in [0, 0.05) is 18.4 Å². The van der Waals surface area contributed by atoms with Gasteiger partial charge >= 0.3 is 0 Å². The number of anilines is 1. The molecule has 2 N–H and O–H groups in total. The molecule has 0 fully saturated rings. The first-order valence-electron chi connectivity index (χ1n) is 6.43. The van der Waals surface area contributed by atoms with Crippen molar-refractivity contribution in [2.24, 2.45) is 0 Å². The Balaban J connectivity index is 2.75. The van der Waals surface area contributed by atoms with Gasteiger partial charge in [0.25, 0.3) is 0 Å². The number of benzene rings is 1. The van der Waals surface area contributed by atoms with E-state index in [2.05, 4.69) is 17.2 Å². The van der Waals surface area contributed by atoms with Gasteiger partial charge in [-0.3, -0.25) is 4.79 Å². The molecule has 4 nitrogen and oxygen atoms in total. The van der Waals surface area contributed by atoms with Gasteiger partial charge < -0.3 is 15.2 Å². The number of rotatable bonds is 4. The van der Waals surface area contributed by atoms with Gasteiger partial charge in [-0.1, -0.05) is 11.8 Å². The highest BCUT2D eigenvalue weighted by molar-refractivity contribution is 5.91. The van der Waals surface area contributed by atoms with Gasteiger partial charge in [0.05, 0.1) is 12.0 Å². The Bertz CT molecular complexity index is 538. The molecule has 0 heterocycles. The van der Waals surface area contributed by atoms with Crippen LogP contribution in [0.4, 0.5) is 5.69 Å². The molecule has 20 heavy (non-hydrogen) atoms. The summed E-state index contributed by atoms with van der Waals surface area (Å²) in [5.74, 6) is 5.37. The molecule has 4 heteroatoms. The predicted molar refractivity (Wildman–Crippen MR) is 79.5 cm³/mol. The summed E-state index contributed by atoms with van der Waals surface area (Å²) in [7, 11) is 1.59. The van der Waals surface area contributed by atoms with Crippen LogP contribution in [0.3, 0.4) is 0 Å². The highest BCUT2D eigenvalue weighted by Crippen LogP contribution is 2.17. The van der Waals surface area contributed by atoms with Crippen LogP contribution < -0.4 is 5.32 Å². The zero-order valence-corrected chi connectivity index (χ0v) is 12.4. The number of carbonyl (C=O) groups excluding carboxylic acids is 1. The van der Waals surface area contributed by atoms with Gasteiger partial charge in [0.2, 0.25) is 5.91 Å². The SMILES string of the molecule is COC(C)(C)CC(=O)Nc1ccc(C#CCO)c(C)c1. The maximum atomic E-state index is 11.9. The number of amides is 1. The van der Waals surface area contributed by atoms with Gasteiger partial charge in [-0.25, -0.2) is 0 Å². The topological polar surface area (TPSA) is 58.6 Å². The highest BCUT2D eigenvalue weighted by atomic mass is 16.5. The molecule has 108 valence electrons. The van der Waals surface area contributed by atoms with Crippen LogP contribution in [0.15, 0.2) is 18.2 Å². The van der Waals surface area contributed by atoms with Crippen LogP contribution in [0.25, 0.3) is 0 Å². The lowest BCUT2D eigenvalue weighted by Gasteiger charge is -2.22. The molecule has 0 spiro atoms. The highest BCUT2D eigenvalue weighted by Gasteiger charge is 2.21. The van der Waals surface area contributed by atoms with E-state index in [-0.39, 0.29) is 18.9 Å². The smallest absolute Gasteiger partial charge is 0.227 e. The fourth-order valence-electron chi connectivity index (χ4n) is 1.68. The minimum atomic E-state index is -0.480. The molecule has 0 atom stereocenters. The number of carbonyl (C=O) groups is 1. The predicted octanol–water partition coefficient (Wildman–Crippen LogP) is 2.09. The number of aliphatic hydroxyl groups is 1. The number of hydrogen-bond acceptors (Lipinski definition) is 3. The second-order valence-corrected chi connectivity index (χ2v) is 5.18. The quantitative estimate of drug-likeness (QED) is 0.827. The van der Waals surface area contributed by atoms with Crippen molar-refractivity contribution in [1.82, 2.24) is 0 Å². The molecule has 1 aromatic carbocycles. The fourth-order valence-corrected chi connectivity index (χ4v) is 1.68. The lowest BCUT2D eigenvalue weighted by molar-refractivity contribution is -0.121. The van der Waals surface area contributed by atoms with Crippen LogP contribution >= 0.6 is 0 Å². The average Bonchev–Trinajstić information content (AvgIpc) is 2.37. The monoisotopic (exact) mass is 275 g/mol. The average molecular weight is 275 g/mol. The standard InChI is InChI=1S/C16H21NO3/c1-12-10-14(8-7-13(12)6-5-9-18)17-15(19)11-16(2,3)20-4/h7-8,10,18H,9,11H2,1-4H3,(H,17,19). The third-order valence-corrected chi connectivity index (χ3v) is 2.95. The molecular weight excluding hydrogens is 254 g/mol. The number of ether oxygens (including phenoxy) is 1. The van der Waals surface area contributed by atoms with Crippen LogP contribution in [0, 0.1) is 18.8 Å². The molecule has 0 unspecified atom stereocenters.